The fourth-order valence-corrected chi connectivity index (χ4v) is 2.32. The number of rotatable bonds is 8. The molecule has 0 aliphatic rings. The lowest BCUT2D eigenvalue weighted by Crippen LogP contribution is -2.24. The average molecular weight is 312 g/mol. The number of hydrogen-bond acceptors (Lipinski definition) is 4. The SMILES string of the molecule is C[Si](C)(C)CCOCN/C(=C\C=N)c1ccc(Cl)nc1. The van der Waals surface area contributed by atoms with Crippen LogP contribution < -0.4 is 5.32 Å². The summed E-state index contributed by atoms with van der Waals surface area (Å²) in [7, 11) is -1.05. The van der Waals surface area contributed by atoms with Crippen LogP contribution in [0.5, 0.6) is 0 Å². The topological polar surface area (TPSA) is 58.0 Å². The zero-order valence-corrected chi connectivity index (χ0v) is 14.0. The quantitative estimate of drug-likeness (QED) is 0.253. The standard InChI is InChI=1S/C14H22ClN3OSi/c1-20(2,3)9-8-19-11-18-13(6-7-16)12-4-5-14(15)17-10-12/h4-7,10,16,18H,8-9,11H2,1-3H3/b13-6-,16-7?. The second kappa shape index (κ2) is 8.19. The molecule has 0 aliphatic heterocycles. The second-order valence-electron chi connectivity index (χ2n) is 5.66. The molecule has 20 heavy (non-hydrogen) atoms. The molecule has 2 N–H and O–H groups in total. The largest absolute Gasteiger partial charge is 0.362 e. The molecule has 0 saturated heterocycles. The van der Waals surface area contributed by atoms with Crippen molar-refractivity contribution in [3.05, 3.63) is 35.1 Å². The first-order valence-electron chi connectivity index (χ1n) is 6.57. The predicted octanol–water partition coefficient (Wildman–Crippen LogP) is 3.63. The first kappa shape index (κ1) is 16.9. The van der Waals surface area contributed by atoms with Gasteiger partial charge in [0.15, 0.2) is 0 Å². The van der Waals surface area contributed by atoms with Gasteiger partial charge in [-0.2, -0.15) is 0 Å². The Kier molecular flexibility index (Phi) is 6.91. The number of aromatic nitrogens is 1. The summed E-state index contributed by atoms with van der Waals surface area (Å²) >= 11 is 5.77. The summed E-state index contributed by atoms with van der Waals surface area (Å²) in [6.45, 7) is 8.16. The van der Waals surface area contributed by atoms with E-state index in [0.717, 1.165) is 23.9 Å². The molecule has 1 heterocycles. The Hall–Kier alpha value is -1.17. The first-order chi connectivity index (χ1) is 9.42. The molecule has 0 amide bonds. The molecule has 110 valence electrons. The second-order valence-corrected chi connectivity index (χ2v) is 11.7. The van der Waals surface area contributed by atoms with E-state index in [2.05, 4.69) is 29.9 Å². The number of allylic oxidation sites excluding steroid dienone is 1. The van der Waals surface area contributed by atoms with E-state index in [9.17, 15) is 0 Å². The van der Waals surface area contributed by atoms with Crippen molar-refractivity contribution in [1.29, 1.82) is 5.41 Å². The van der Waals surface area contributed by atoms with E-state index in [-0.39, 0.29) is 0 Å². The molecule has 0 saturated carbocycles. The van der Waals surface area contributed by atoms with E-state index in [1.54, 1.807) is 18.3 Å². The number of hydrogen-bond donors (Lipinski definition) is 2. The van der Waals surface area contributed by atoms with Gasteiger partial charge in [0.05, 0.1) is 0 Å². The Morgan fingerprint density at radius 3 is 2.75 bits per heavy atom. The van der Waals surface area contributed by atoms with Gasteiger partial charge >= 0.3 is 0 Å². The van der Waals surface area contributed by atoms with Crippen LogP contribution in [0.2, 0.25) is 30.8 Å². The van der Waals surface area contributed by atoms with Crippen molar-refractivity contribution in [3.8, 4) is 0 Å². The summed E-state index contributed by atoms with van der Waals surface area (Å²) in [6, 6.07) is 4.73. The van der Waals surface area contributed by atoms with Crippen LogP contribution in [-0.4, -0.2) is 32.6 Å². The molecule has 0 radical (unpaired) electrons. The monoisotopic (exact) mass is 311 g/mol. The van der Waals surface area contributed by atoms with Crippen LogP contribution in [0, 0.1) is 5.41 Å². The molecule has 1 aromatic heterocycles. The third-order valence-electron chi connectivity index (χ3n) is 2.65. The third-order valence-corrected chi connectivity index (χ3v) is 4.58. The maximum atomic E-state index is 7.20. The minimum atomic E-state index is -1.05. The van der Waals surface area contributed by atoms with Crippen LogP contribution in [0.25, 0.3) is 5.70 Å². The van der Waals surface area contributed by atoms with E-state index < -0.39 is 8.07 Å². The zero-order valence-electron chi connectivity index (χ0n) is 12.2. The highest BCUT2D eigenvalue weighted by Gasteiger charge is 2.11. The van der Waals surface area contributed by atoms with Gasteiger partial charge in [0.2, 0.25) is 0 Å². The molecule has 0 atom stereocenters. The van der Waals surface area contributed by atoms with Crippen LogP contribution in [0.1, 0.15) is 5.56 Å². The summed E-state index contributed by atoms with van der Waals surface area (Å²) in [5, 5.41) is 10.8. The van der Waals surface area contributed by atoms with Crippen LogP contribution in [-0.2, 0) is 4.74 Å². The lowest BCUT2D eigenvalue weighted by Gasteiger charge is -2.16. The van der Waals surface area contributed by atoms with Gasteiger partial charge in [-0.1, -0.05) is 31.2 Å². The summed E-state index contributed by atoms with van der Waals surface area (Å²) in [6.07, 6.45) is 4.58. The number of nitrogens with one attached hydrogen (secondary N) is 2. The average Bonchev–Trinajstić information content (AvgIpc) is 2.37. The summed E-state index contributed by atoms with van der Waals surface area (Å²) in [5.41, 5.74) is 1.68. The van der Waals surface area contributed by atoms with Gasteiger partial charge < -0.3 is 15.5 Å². The molecule has 0 aliphatic carbocycles. The van der Waals surface area contributed by atoms with Crippen molar-refractivity contribution >= 4 is 31.6 Å². The number of nitrogens with zero attached hydrogens (tertiary/aromatic N) is 1. The van der Waals surface area contributed by atoms with Gasteiger partial charge in [-0.25, -0.2) is 4.98 Å². The van der Waals surface area contributed by atoms with Crippen molar-refractivity contribution in [3.63, 3.8) is 0 Å². The highest BCUT2D eigenvalue weighted by molar-refractivity contribution is 6.76. The Morgan fingerprint density at radius 1 is 1.45 bits per heavy atom. The van der Waals surface area contributed by atoms with Crippen molar-refractivity contribution in [2.45, 2.75) is 25.7 Å². The summed E-state index contributed by atoms with van der Waals surface area (Å²) < 4.78 is 5.59. The van der Waals surface area contributed by atoms with Crippen LogP contribution in [0.4, 0.5) is 0 Å². The van der Waals surface area contributed by atoms with Crippen molar-refractivity contribution in [2.75, 3.05) is 13.3 Å². The van der Waals surface area contributed by atoms with E-state index >= 15 is 0 Å². The Labute approximate surface area is 126 Å². The maximum absolute atomic E-state index is 7.20. The normalized spacial score (nSPS) is 12.3. The van der Waals surface area contributed by atoms with Crippen molar-refractivity contribution in [2.24, 2.45) is 0 Å². The van der Waals surface area contributed by atoms with Gasteiger partial charge in [0.25, 0.3) is 0 Å². The van der Waals surface area contributed by atoms with Gasteiger partial charge in [-0.3, -0.25) is 0 Å². The van der Waals surface area contributed by atoms with Crippen LogP contribution in [0.3, 0.4) is 0 Å². The molecule has 4 nitrogen and oxygen atoms in total. The molecule has 6 heteroatoms. The molecule has 0 aromatic carbocycles. The fraction of sp³-hybridized carbons (Fsp3) is 0.429. The Morgan fingerprint density at radius 2 is 2.20 bits per heavy atom. The number of ether oxygens (including phenoxy) is 1. The molecule has 0 fully saturated rings. The highest BCUT2D eigenvalue weighted by atomic mass is 35.5. The number of pyridine rings is 1. The molecular weight excluding hydrogens is 290 g/mol. The first-order valence-corrected chi connectivity index (χ1v) is 10.7. The van der Waals surface area contributed by atoms with E-state index in [0.29, 0.717) is 11.9 Å². The summed E-state index contributed by atoms with van der Waals surface area (Å²) in [4.78, 5) is 4.03. The molecule has 0 bridgehead atoms. The fourth-order valence-electron chi connectivity index (χ4n) is 1.45. The van der Waals surface area contributed by atoms with Crippen molar-refractivity contribution < 1.29 is 4.74 Å². The van der Waals surface area contributed by atoms with Crippen molar-refractivity contribution in [1.82, 2.24) is 10.3 Å². The zero-order chi connectivity index (χ0) is 15.0. The van der Waals surface area contributed by atoms with Crippen LogP contribution >= 0.6 is 11.6 Å². The molecular formula is C14H22ClN3OSi. The van der Waals surface area contributed by atoms with E-state index in [1.165, 1.54) is 6.21 Å². The maximum Gasteiger partial charge on any atom is 0.129 e. The Bertz CT molecular complexity index is 454. The predicted molar refractivity (Wildman–Crippen MR) is 88.1 cm³/mol. The number of halogens is 1. The molecule has 1 aromatic rings. The van der Waals surface area contributed by atoms with Gasteiger partial charge in [-0.05, 0) is 24.3 Å². The molecule has 0 unspecified atom stereocenters. The third kappa shape index (κ3) is 6.84. The van der Waals surface area contributed by atoms with Gasteiger partial charge in [0.1, 0.15) is 11.9 Å². The molecule has 1 rings (SSSR count). The minimum absolute atomic E-state index is 0.423. The van der Waals surface area contributed by atoms with E-state index in [1.807, 2.05) is 6.07 Å². The van der Waals surface area contributed by atoms with E-state index in [4.69, 9.17) is 21.7 Å². The van der Waals surface area contributed by atoms with Gasteiger partial charge in [-0.15, -0.1) is 0 Å². The lowest BCUT2D eigenvalue weighted by atomic mass is 10.2. The Balaban J connectivity index is 2.47. The smallest absolute Gasteiger partial charge is 0.129 e. The minimum Gasteiger partial charge on any atom is -0.362 e. The van der Waals surface area contributed by atoms with Crippen LogP contribution in [0.15, 0.2) is 24.4 Å². The highest BCUT2D eigenvalue weighted by Crippen LogP contribution is 2.12. The summed E-state index contributed by atoms with van der Waals surface area (Å²) in [5.74, 6) is 0. The lowest BCUT2D eigenvalue weighted by molar-refractivity contribution is 0.139. The molecule has 0 spiro atoms. The van der Waals surface area contributed by atoms with Gasteiger partial charge in [0, 0.05) is 38.4 Å².